The van der Waals surface area contributed by atoms with E-state index in [1.807, 2.05) is 12.1 Å². The highest BCUT2D eigenvalue weighted by atomic mass is 32.2. The minimum Gasteiger partial charge on any atom is -0.497 e. The van der Waals surface area contributed by atoms with Crippen molar-refractivity contribution in [3.63, 3.8) is 0 Å². The first-order chi connectivity index (χ1) is 7.51. The largest absolute Gasteiger partial charge is 0.497 e. The summed E-state index contributed by atoms with van der Waals surface area (Å²) in [5.74, 6) is 2.43. The molecule has 0 aromatic heterocycles. The zero-order chi connectivity index (χ0) is 12.1. The molecule has 0 fully saturated rings. The van der Waals surface area contributed by atoms with E-state index >= 15 is 0 Å². The van der Waals surface area contributed by atoms with Gasteiger partial charge in [0.05, 0.1) is 7.11 Å². The maximum absolute atomic E-state index is 11.8. The monoisotopic (exact) mass is 241 g/mol. The van der Waals surface area contributed by atoms with Crippen LogP contribution in [0.4, 0.5) is 5.69 Å². The smallest absolute Gasteiger partial charge is 0.121 e. The lowest BCUT2D eigenvalue weighted by Crippen LogP contribution is -2.07. The van der Waals surface area contributed by atoms with Gasteiger partial charge in [-0.25, -0.2) is 0 Å². The second-order valence-corrected chi connectivity index (χ2v) is 5.76. The van der Waals surface area contributed by atoms with Crippen molar-refractivity contribution in [1.82, 2.24) is 0 Å². The van der Waals surface area contributed by atoms with Crippen LogP contribution in [0.5, 0.6) is 5.75 Å². The molecule has 2 N–H and O–H groups in total. The van der Waals surface area contributed by atoms with Crippen molar-refractivity contribution in [3.05, 3.63) is 23.8 Å². The van der Waals surface area contributed by atoms with Gasteiger partial charge in [0, 0.05) is 34.1 Å². The molecular formula is C12H19NO2S. The molecular weight excluding hydrogens is 222 g/mol. The number of nitrogen functional groups attached to an aromatic ring is 1. The summed E-state index contributed by atoms with van der Waals surface area (Å²) in [6.07, 6.45) is 0. The van der Waals surface area contributed by atoms with E-state index in [0.29, 0.717) is 17.4 Å². The molecule has 1 unspecified atom stereocenters. The molecule has 0 amide bonds. The van der Waals surface area contributed by atoms with E-state index < -0.39 is 10.8 Å². The summed E-state index contributed by atoms with van der Waals surface area (Å²) in [6.45, 7) is 4.13. The predicted octanol–water partition coefficient (Wildman–Crippen LogP) is 2.18. The molecule has 1 atom stereocenters. The lowest BCUT2D eigenvalue weighted by Gasteiger charge is -2.08. The Balaban J connectivity index is 2.73. The van der Waals surface area contributed by atoms with Crippen LogP contribution in [-0.4, -0.2) is 17.1 Å². The highest BCUT2D eigenvalue weighted by Crippen LogP contribution is 2.19. The topological polar surface area (TPSA) is 52.3 Å². The Morgan fingerprint density at radius 2 is 2.06 bits per heavy atom. The number of nitrogens with two attached hydrogens (primary N) is 1. The van der Waals surface area contributed by atoms with Gasteiger partial charge in [-0.1, -0.05) is 13.8 Å². The fraction of sp³-hybridized carbons (Fsp3) is 0.500. The van der Waals surface area contributed by atoms with Gasteiger partial charge in [-0.2, -0.15) is 0 Å². The van der Waals surface area contributed by atoms with Gasteiger partial charge in [0.2, 0.25) is 0 Å². The van der Waals surface area contributed by atoms with Crippen molar-refractivity contribution in [2.45, 2.75) is 19.6 Å². The lowest BCUT2D eigenvalue weighted by molar-refractivity contribution is 0.414. The van der Waals surface area contributed by atoms with Crippen molar-refractivity contribution in [2.24, 2.45) is 5.92 Å². The van der Waals surface area contributed by atoms with Crippen LogP contribution in [0.2, 0.25) is 0 Å². The Kier molecular flexibility index (Phi) is 4.80. The molecule has 0 radical (unpaired) electrons. The van der Waals surface area contributed by atoms with Crippen molar-refractivity contribution in [1.29, 1.82) is 0 Å². The van der Waals surface area contributed by atoms with Crippen LogP contribution < -0.4 is 10.5 Å². The van der Waals surface area contributed by atoms with Crippen LogP contribution in [0.1, 0.15) is 19.4 Å². The summed E-state index contributed by atoms with van der Waals surface area (Å²) in [6, 6.07) is 5.49. The van der Waals surface area contributed by atoms with Crippen LogP contribution in [-0.2, 0) is 16.6 Å². The zero-order valence-electron chi connectivity index (χ0n) is 10.0. The van der Waals surface area contributed by atoms with Crippen LogP contribution in [0, 0.1) is 5.92 Å². The highest BCUT2D eigenvalue weighted by Gasteiger charge is 2.06. The van der Waals surface area contributed by atoms with Gasteiger partial charge in [0.1, 0.15) is 5.75 Å². The SMILES string of the molecule is COc1cc(N)cc(CS(=O)CC(C)C)c1. The Bertz CT molecular complexity index is 377. The zero-order valence-corrected chi connectivity index (χ0v) is 10.8. The third-order valence-electron chi connectivity index (χ3n) is 2.07. The van der Waals surface area contributed by atoms with Crippen LogP contribution in [0.15, 0.2) is 18.2 Å². The van der Waals surface area contributed by atoms with Gasteiger partial charge in [-0.3, -0.25) is 4.21 Å². The number of methoxy groups -OCH3 is 1. The Morgan fingerprint density at radius 1 is 1.38 bits per heavy atom. The first kappa shape index (κ1) is 13.0. The van der Waals surface area contributed by atoms with E-state index in [9.17, 15) is 4.21 Å². The van der Waals surface area contributed by atoms with Crippen LogP contribution in [0.25, 0.3) is 0 Å². The molecule has 1 rings (SSSR count). The second kappa shape index (κ2) is 5.89. The molecule has 3 nitrogen and oxygen atoms in total. The predicted molar refractivity (Wildman–Crippen MR) is 69.0 cm³/mol. The van der Waals surface area contributed by atoms with E-state index in [4.69, 9.17) is 10.5 Å². The van der Waals surface area contributed by atoms with E-state index in [2.05, 4.69) is 13.8 Å². The number of anilines is 1. The molecule has 90 valence electrons. The average molecular weight is 241 g/mol. The number of ether oxygens (including phenoxy) is 1. The molecule has 0 heterocycles. The summed E-state index contributed by atoms with van der Waals surface area (Å²) < 4.78 is 16.9. The maximum Gasteiger partial charge on any atom is 0.121 e. The number of benzene rings is 1. The molecule has 0 bridgehead atoms. The Hall–Kier alpha value is -1.03. The molecule has 16 heavy (non-hydrogen) atoms. The average Bonchev–Trinajstić information content (AvgIpc) is 2.14. The van der Waals surface area contributed by atoms with Gasteiger partial charge in [0.25, 0.3) is 0 Å². The van der Waals surface area contributed by atoms with E-state index in [0.717, 1.165) is 17.1 Å². The van der Waals surface area contributed by atoms with Crippen molar-refractivity contribution in [3.8, 4) is 5.75 Å². The highest BCUT2D eigenvalue weighted by molar-refractivity contribution is 7.84. The van der Waals surface area contributed by atoms with E-state index in [-0.39, 0.29) is 0 Å². The Labute approximate surface area is 99.4 Å². The minimum absolute atomic E-state index is 0.448. The first-order valence-corrected chi connectivity index (χ1v) is 6.78. The minimum atomic E-state index is -0.831. The molecule has 0 aliphatic rings. The summed E-state index contributed by atoms with van der Waals surface area (Å²) >= 11 is 0. The molecule has 0 aliphatic heterocycles. The van der Waals surface area contributed by atoms with Crippen molar-refractivity contribution in [2.75, 3.05) is 18.6 Å². The molecule has 4 heteroatoms. The summed E-state index contributed by atoms with van der Waals surface area (Å²) in [5.41, 5.74) is 7.35. The second-order valence-electron chi connectivity index (χ2n) is 4.26. The number of hydrogen-bond acceptors (Lipinski definition) is 3. The summed E-state index contributed by atoms with van der Waals surface area (Å²) in [7, 11) is 0.770. The molecule has 0 spiro atoms. The normalized spacial score (nSPS) is 12.8. The van der Waals surface area contributed by atoms with Crippen molar-refractivity contribution < 1.29 is 8.95 Å². The van der Waals surface area contributed by atoms with Gasteiger partial charge in [-0.05, 0) is 23.6 Å². The van der Waals surface area contributed by atoms with Crippen LogP contribution in [0.3, 0.4) is 0 Å². The van der Waals surface area contributed by atoms with Gasteiger partial charge >= 0.3 is 0 Å². The molecule has 1 aromatic rings. The van der Waals surface area contributed by atoms with E-state index in [1.165, 1.54) is 0 Å². The summed E-state index contributed by atoms with van der Waals surface area (Å²) in [4.78, 5) is 0. The lowest BCUT2D eigenvalue weighted by atomic mass is 10.2. The standard InChI is InChI=1S/C12H19NO2S/c1-9(2)7-16(14)8-10-4-11(13)6-12(5-10)15-3/h4-6,9H,7-8,13H2,1-3H3. The van der Waals surface area contributed by atoms with Gasteiger partial charge < -0.3 is 10.5 Å². The van der Waals surface area contributed by atoms with Crippen molar-refractivity contribution >= 4 is 16.5 Å². The fourth-order valence-corrected chi connectivity index (χ4v) is 2.90. The van der Waals surface area contributed by atoms with E-state index in [1.54, 1.807) is 13.2 Å². The Morgan fingerprint density at radius 3 is 2.62 bits per heavy atom. The molecule has 0 saturated carbocycles. The third-order valence-corrected chi connectivity index (χ3v) is 3.76. The maximum atomic E-state index is 11.8. The third kappa shape index (κ3) is 4.23. The first-order valence-electron chi connectivity index (χ1n) is 5.29. The van der Waals surface area contributed by atoms with Gasteiger partial charge in [-0.15, -0.1) is 0 Å². The number of hydrogen-bond donors (Lipinski definition) is 1. The molecule has 0 aliphatic carbocycles. The molecule has 1 aromatic carbocycles. The number of rotatable bonds is 5. The van der Waals surface area contributed by atoms with Gasteiger partial charge in [0.15, 0.2) is 0 Å². The van der Waals surface area contributed by atoms with Crippen LogP contribution >= 0.6 is 0 Å². The fourth-order valence-electron chi connectivity index (χ4n) is 1.50. The molecule has 0 saturated heterocycles. The summed E-state index contributed by atoms with van der Waals surface area (Å²) in [5, 5.41) is 0. The quantitative estimate of drug-likeness (QED) is 0.804.